The summed E-state index contributed by atoms with van der Waals surface area (Å²) in [4.78, 5) is 46.6. The fourth-order valence-electron chi connectivity index (χ4n) is 2.16. The topological polar surface area (TPSA) is 185 Å². The Kier molecular flexibility index (Phi) is 7.86. The minimum Gasteiger partial charge on any atom is -0.480 e. The molecule has 11 nitrogen and oxygen atoms in total. The third-order valence-corrected chi connectivity index (χ3v) is 4.65. The number of carboxylic acids is 1. The second kappa shape index (κ2) is 9.47. The molecule has 0 spiro atoms. The van der Waals surface area contributed by atoms with Crippen molar-refractivity contribution in [3.8, 4) is 0 Å². The Bertz CT molecular complexity index is 889. The second-order valence-corrected chi connectivity index (χ2v) is 8.80. The highest BCUT2D eigenvalue weighted by atomic mass is 32.2. The van der Waals surface area contributed by atoms with Crippen molar-refractivity contribution >= 4 is 33.7 Å². The smallest absolute Gasteiger partial charge is 0.326 e. The predicted octanol–water partition coefficient (Wildman–Crippen LogP) is -1.20. The molecule has 0 bridgehead atoms. The third-order valence-electron chi connectivity index (χ3n) is 3.72. The van der Waals surface area contributed by atoms with Gasteiger partial charge in [-0.05, 0) is 29.7 Å². The number of rotatable bonds is 8. The standard InChI is InChI=1S/C17H24N4O7S/c1-17(2,3)14(16(25)26)21-13(23)9-19-12(22)8-20-15(24)10-4-6-11(7-5-10)29(18,27)28/h4-7,14H,8-9H2,1-3H3,(H,19,22)(H,20,24)(H,21,23)(H,25,26)(H2,18,27,28)/t14-/m1/s1. The molecule has 29 heavy (non-hydrogen) atoms. The molecule has 0 radical (unpaired) electrons. The van der Waals surface area contributed by atoms with E-state index in [1.165, 1.54) is 12.1 Å². The van der Waals surface area contributed by atoms with Crippen LogP contribution in [0.25, 0.3) is 0 Å². The number of benzene rings is 1. The third kappa shape index (κ3) is 7.87. The molecular formula is C17H24N4O7S. The van der Waals surface area contributed by atoms with E-state index in [1.807, 2.05) is 0 Å². The van der Waals surface area contributed by atoms with Crippen molar-refractivity contribution in [2.24, 2.45) is 10.6 Å². The minimum atomic E-state index is -3.88. The minimum absolute atomic E-state index is 0.109. The first-order valence-corrected chi connectivity index (χ1v) is 9.96. The molecule has 0 heterocycles. The molecular weight excluding hydrogens is 404 g/mol. The molecule has 0 aliphatic rings. The SMILES string of the molecule is CC(C)(C)[C@H](NC(=O)CNC(=O)CNC(=O)c1ccc(S(N)(=O)=O)cc1)C(=O)O. The van der Waals surface area contributed by atoms with Gasteiger partial charge in [0.25, 0.3) is 5.91 Å². The molecule has 12 heteroatoms. The molecule has 1 rings (SSSR count). The highest BCUT2D eigenvalue weighted by Crippen LogP contribution is 2.19. The summed E-state index contributed by atoms with van der Waals surface area (Å²) in [7, 11) is -3.88. The number of primary sulfonamides is 1. The van der Waals surface area contributed by atoms with Gasteiger partial charge in [-0.25, -0.2) is 18.4 Å². The predicted molar refractivity (Wildman–Crippen MR) is 102 cm³/mol. The maximum absolute atomic E-state index is 12.0. The van der Waals surface area contributed by atoms with Crippen LogP contribution in [-0.2, 0) is 24.4 Å². The van der Waals surface area contributed by atoms with Crippen LogP contribution >= 0.6 is 0 Å². The number of hydrogen-bond acceptors (Lipinski definition) is 6. The van der Waals surface area contributed by atoms with Crippen LogP contribution in [0.15, 0.2) is 29.2 Å². The summed E-state index contributed by atoms with van der Waals surface area (Å²) in [5.41, 5.74) is -0.615. The highest BCUT2D eigenvalue weighted by Gasteiger charge is 2.32. The number of nitrogens with two attached hydrogens (primary N) is 1. The van der Waals surface area contributed by atoms with E-state index >= 15 is 0 Å². The van der Waals surface area contributed by atoms with Crippen molar-refractivity contribution in [3.63, 3.8) is 0 Å². The fourth-order valence-corrected chi connectivity index (χ4v) is 2.68. The van der Waals surface area contributed by atoms with Crippen LogP contribution in [0, 0.1) is 5.41 Å². The molecule has 3 amide bonds. The number of sulfonamides is 1. The van der Waals surface area contributed by atoms with Gasteiger partial charge in [0.05, 0.1) is 18.0 Å². The first kappa shape index (κ1) is 24.0. The van der Waals surface area contributed by atoms with Crippen LogP contribution in [-0.4, -0.2) is 56.3 Å². The van der Waals surface area contributed by atoms with E-state index in [4.69, 9.17) is 10.2 Å². The molecule has 0 aromatic heterocycles. The van der Waals surface area contributed by atoms with Crippen molar-refractivity contribution in [2.75, 3.05) is 13.1 Å². The lowest BCUT2D eigenvalue weighted by Crippen LogP contribution is -2.52. The van der Waals surface area contributed by atoms with E-state index in [0.717, 1.165) is 12.1 Å². The van der Waals surface area contributed by atoms with Crippen LogP contribution in [0.5, 0.6) is 0 Å². The normalized spacial score (nSPS) is 12.6. The summed E-state index contributed by atoms with van der Waals surface area (Å²) < 4.78 is 22.3. The molecule has 1 aromatic rings. The first-order chi connectivity index (χ1) is 13.2. The summed E-state index contributed by atoms with van der Waals surface area (Å²) in [5, 5.41) is 21.0. The molecule has 1 aromatic carbocycles. The van der Waals surface area contributed by atoms with Crippen LogP contribution in [0.4, 0.5) is 0 Å². The zero-order valence-electron chi connectivity index (χ0n) is 16.2. The lowest BCUT2D eigenvalue weighted by atomic mass is 9.87. The highest BCUT2D eigenvalue weighted by molar-refractivity contribution is 7.89. The van der Waals surface area contributed by atoms with Gasteiger partial charge in [-0.15, -0.1) is 0 Å². The van der Waals surface area contributed by atoms with Crippen LogP contribution in [0.3, 0.4) is 0 Å². The fraction of sp³-hybridized carbons (Fsp3) is 0.412. The van der Waals surface area contributed by atoms with Crippen molar-refractivity contribution in [1.29, 1.82) is 0 Å². The first-order valence-electron chi connectivity index (χ1n) is 8.41. The average molecular weight is 428 g/mol. The van der Waals surface area contributed by atoms with E-state index < -0.39 is 58.3 Å². The number of aliphatic carboxylic acids is 1. The van der Waals surface area contributed by atoms with Crippen LogP contribution < -0.4 is 21.1 Å². The van der Waals surface area contributed by atoms with Gasteiger partial charge in [0.15, 0.2) is 0 Å². The Hall–Kier alpha value is -2.99. The van der Waals surface area contributed by atoms with Gasteiger partial charge < -0.3 is 21.1 Å². The largest absolute Gasteiger partial charge is 0.480 e. The monoisotopic (exact) mass is 428 g/mol. The Balaban J connectivity index is 2.50. The Labute approximate surface area is 168 Å². The van der Waals surface area contributed by atoms with Gasteiger partial charge in [-0.1, -0.05) is 20.8 Å². The Morgan fingerprint density at radius 2 is 1.52 bits per heavy atom. The number of carbonyl (C=O) groups is 4. The number of carboxylic acid groups (broad SMARTS) is 1. The molecule has 0 saturated carbocycles. The van der Waals surface area contributed by atoms with Gasteiger partial charge in [0.1, 0.15) is 6.04 Å². The number of nitrogens with one attached hydrogen (secondary N) is 3. The van der Waals surface area contributed by atoms with Gasteiger partial charge in [0, 0.05) is 5.56 Å². The zero-order chi connectivity index (χ0) is 22.4. The van der Waals surface area contributed by atoms with Crippen molar-refractivity contribution < 1.29 is 32.7 Å². The average Bonchev–Trinajstić information content (AvgIpc) is 2.60. The quantitative estimate of drug-likeness (QED) is 0.344. The van der Waals surface area contributed by atoms with E-state index in [-0.39, 0.29) is 10.5 Å². The second-order valence-electron chi connectivity index (χ2n) is 7.23. The summed E-state index contributed by atoms with van der Waals surface area (Å²) >= 11 is 0. The molecule has 6 N–H and O–H groups in total. The Morgan fingerprint density at radius 1 is 1.00 bits per heavy atom. The lowest BCUT2D eigenvalue weighted by Gasteiger charge is -2.27. The Morgan fingerprint density at radius 3 is 1.97 bits per heavy atom. The summed E-state index contributed by atoms with van der Waals surface area (Å²) in [5.74, 6) is -3.19. The van der Waals surface area contributed by atoms with Crippen LogP contribution in [0.1, 0.15) is 31.1 Å². The number of carbonyl (C=O) groups excluding carboxylic acids is 3. The number of amides is 3. The van der Waals surface area contributed by atoms with Crippen molar-refractivity contribution in [1.82, 2.24) is 16.0 Å². The van der Waals surface area contributed by atoms with E-state index in [0.29, 0.717) is 0 Å². The van der Waals surface area contributed by atoms with E-state index in [9.17, 15) is 27.6 Å². The summed E-state index contributed by atoms with van der Waals surface area (Å²) in [6.45, 7) is 4.04. The molecule has 0 fully saturated rings. The molecule has 160 valence electrons. The zero-order valence-corrected chi connectivity index (χ0v) is 17.0. The van der Waals surface area contributed by atoms with E-state index in [1.54, 1.807) is 20.8 Å². The number of hydrogen-bond donors (Lipinski definition) is 5. The van der Waals surface area contributed by atoms with Gasteiger partial charge in [0.2, 0.25) is 21.8 Å². The summed E-state index contributed by atoms with van der Waals surface area (Å²) in [6, 6.07) is 3.65. The van der Waals surface area contributed by atoms with Gasteiger partial charge >= 0.3 is 5.97 Å². The summed E-state index contributed by atoms with van der Waals surface area (Å²) in [6.07, 6.45) is 0. The molecule has 1 atom stereocenters. The van der Waals surface area contributed by atoms with E-state index in [2.05, 4.69) is 16.0 Å². The van der Waals surface area contributed by atoms with Crippen LogP contribution in [0.2, 0.25) is 0 Å². The van der Waals surface area contributed by atoms with Crippen molar-refractivity contribution in [3.05, 3.63) is 29.8 Å². The van der Waals surface area contributed by atoms with Gasteiger partial charge in [-0.2, -0.15) is 0 Å². The van der Waals surface area contributed by atoms with Crippen molar-refractivity contribution in [2.45, 2.75) is 31.7 Å². The molecule has 0 aliphatic carbocycles. The lowest BCUT2D eigenvalue weighted by molar-refractivity contribution is -0.144. The molecule has 0 saturated heterocycles. The molecule has 0 aliphatic heterocycles. The maximum atomic E-state index is 12.0. The molecule has 0 unspecified atom stereocenters. The van der Waals surface area contributed by atoms with Gasteiger partial charge in [-0.3, -0.25) is 14.4 Å². The maximum Gasteiger partial charge on any atom is 0.326 e.